The molecule has 2 aromatic rings. The van der Waals surface area contributed by atoms with Gasteiger partial charge in [0.2, 0.25) is 5.91 Å². The van der Waals surface area contributed by atoms with Crippen LogP contribution in [0.25, 0.3) is 0 Å². The monoisotopic (exact) mass is 400 g/mol. The molecule has 0 aromatic heterocycles. The summed E-state index contributed by atoms with van der Waals surface area (Å²) in [6.07, 6.45) is 2.51. The Morgan fingerprint density at radius 2 is 1.79 bits per heavy atom. The van der Waals surface area contributed by atoms with Crippen molar-refractivity contribution in [3.05, 3.63) is 71.3 Å². The number of carbonyl (C=O) groups is 1. The number of ether oxygens (including phenoxy) is 1. The fourth-order valence-corrected chi connectivity index (χ4v) is 4.33. The number of morpholine rings is 1. The lowest BCUT2D eigenvalue weighted by atomic mass is 9.92. The molecule has 0 saturated carbocycles. The van der Waals surface area contributed by atoms with Gasteiger partial charge in [0.15, 0.2) is 11.6 Å². The van der Waals surface area contributed by atoms with Crippen LogP contribution in [0.5, 0.6) is 0 Å². The first kappa shape index (κ1) is 20.0. The van der Waals surface area contributed by atoms with E-state index in [-0.39, 0.29) is 18.1 Å². The SMILES string of the molecule is O=C1COC2(CCCN(Cc3cccc(F)c3F)CC2)CN1Cc1ccccc1. The molecule has 0 aliphatic carbocycles. The molecule has 2 heterocycles. The number of hydrogen-bond donors (Lipinski definition) is 0. The fraction of sp³-hybridized carbons (Fsp3) is 0.435. The third kappa shape index (κ3) is 4.65. The van der Waals surface area contributed by atoms with Gasteiger partial charge >= 0.3 is 0 Å². The van der Waals surface area contributed by atoms with Gasteiger partial charge in [-0.05, 0) is 37.4 Å². The molecule has 4 nitrogen and oxygen atoms in total. The highest BCUT2D eigenvalue weighted by Crippen LogP contribution is 2.32. The van der Waals surface area contributed by atoms with Crippen LogP contribution < -0.4 is 0 Å². The van der Waals surface area contributed by atoms with Crippen LogP contribution in [0.3, 0.4) is 0 Å². The normalized spacial score (nSPS) is 23.4. The van der Waals surface area contributed by atoms with Gasteiger partial charge in [0.05, 0.1) is 12.1 Å². The molecule has 2 aliphatic heterocycles. The van der Waals surface area contributed by atoms with E-state index in [4.69, 9.17) is 4.74 Å². The van der Waals surface area contributed by atoms with Crippen molar-refractivity contribution < 1.29 is 18.3 Å². The zero-order valence-corrected chi connectivity index (χ0v) is 16.4. The van der Waals surface area contributed by atoms with Gasteiger partial charge in [-0.3, -0.25) is 9.69 Å². The van der Waals surface area contributed by atoms with E-state index in [1.54, 1.807) is 12.1 Å². The van der Waals surface area contributed by atoms with E-state index in [1.165, 1.54) is 0 Å². The highest BCUT2D eigenvalue weighted by Gasteiger charge is 2.40. The molecular weight excluding hydrogens is 374 g/mol. The fourth-order valence-electron chi connectivity index (χ4n) is 4.33. The largest absolute Gasteiger partial charge is 0.363 e. The summed E-state index contributed by atoms with van der Waals surface area (Å²) in [6.45, 7) is 3.17. The van der Waals surface area contributed by atoms with Crippen LogP contribution in [-0.4, -0.2) is 47.5 Å². The molecule has 0 N–H and O–H groups in total. The van der Waals surface area contributed by atoms with E-state index < -0.39 is 11.6 Å². The average Bonchev–Trinajstić information content (AvgIpc) is 2.92. The third-order valence-electron chi connectivity index (χ3n) is 5.97. The maximum absolute atomic E-state index is 14.0. The Hall–Kier alpha value is -2.31. The zero-order valence-electron chi connectivity index (χ0n) is 16.4. The molecule has 4 rings (SSSR count). The van der Waals surface area contributed by atoms with E-state index >= 15 is 0 Å². The van der Waals surface area contributed by atoms with Crippen LogP contribution >= 0.6 is 0 Å². The van der Waals surface area contributed by atoms with Crippen LogP contribution in [0.15, 0.2) is 48.5 Å². The molecule has 2 fully saturated rings. The highest BCUT2D eigenvalue weighted by molar-refractivity contribution is 5.78. The van der Waals surface area contributed by atoms with Crippen molar-refractivity contribution >= 4 is 5.91 Å². The second-order valence-corrected chi connectivity index (χ2v) is 8.05. The molecule has 6 heteroatoms. The summed E-state index contributed by atoms with van der Waals surface area (Å²) in [6, 6.07) is 14.3. The lowest BCUT2D eigenvalue weighted by Gasteiger charge is -2.42. The van der Waals surface area contributed by atoms with E-state index in [0.717, 1.165) is 44.0 Å². The van der Waals surface area contributed by atoms with E-state index in [1.807, 2.05) is 35.2 Å². The minimum atomic E-state index is -0.806. The highest BCUT2D eigenvalue weighted by atomic mass is 19.2. The number of nitrogens with zero attached hydrogens (tertiary/aromatic N) is 2. The predicted molar refractivity (Wildman–Crippen MR) is 106 cm³/mol. The molecule has 1 amide bonds. The molecule has 1 unspecified atom stereocenters. The Bertz CT molecular complexity index is 861. The van der Waals surface area contributed by atoms with E-state index in [2.05, 4.69) is 4.90 Å². The second-order valence-electron chi connectivity index (χ2n) is 8.05. The molecule has 0 bridgehead atoms. The molecular formula is C23H26F2N2O2. The first-order valence-electron chi connectivity index (χ1n) is 10.2. The maximum atomic E-state index is 14.0. The number of halogens is 2. The Morgan fingerprint density at radius 1 is 0.966 bits per heavy atom. The molecule has 1 spiro atoms. The van der Waals surface area contributed by atoms with Crippen molar-refractivity contribution in [1.29, 1.82) is 0 Å². The van der Waals surface area contributed by atoms with Gasteiger partial charge in [0.25, 0.3) is 0 Å². The summed E-state index contributed by atoms with van der Waals surface area (Å²) in [5.41, 5.74) is 1.12. The lowest BCUT2D eigenvalue weighted by Crippen LogP contribution is -2.54. The Balaban J connectivity index is 1.41. The van der Waals surface area contributed by atoms with E-state index in [9.17, 15) is 13.6 Å². The minimum absolute atomic E-state index is 0.0161. The van der Waals surface area contributed by atoms with Crippen LogP contribution in [0.1, 0.15) is 30.4 Å². The third-order valence-corrected chi connectivity index (χ3v) is 5.97. The van der Waals surface area contributed by atoms with Crippen LogP contribution in [0, 0.1) is 11.6 Å². The van der Waals surface area contributed by atoms with Gasteiger partial charge in [-0.2, -0.15) is 0 Å². The van der Waals surface area contributed by atoms with Gasteiger partial charge in [-0.15, -0.1) is 0 Å². The quantitative estimate of drug-likeness (QED) is 0.784. The van der Waals surface area contributed by atoms with Crippen molar-refractivity contribution in [3.8, 4) is 0 Å². The second kappa shape index (κ2) is 8.59. The maximum Gasteiger partial charge on any atom is 0.248 e. The first-order valence-corrected chi connectivity index (χ1v) is 10.2. The van der Waals surface area contributed by atoms with Crippen LogP contribution in [0.4, 0.5) is 8.78 Å². The van der Waals surface area contributed by atoms with Gasteiger partial charge < -0.3 is 9.64 Å². The topological polar surface area (TPSA) is 32.8 Å². The first-order chi connectivity index (χ1) is 14.0. The minimum Gasteiger partial charge on any atom is -0.363 e. The van der Waals surface area contributed by atoms with Crippen molar-refractivity contribution in [2.24, 2.45) is 0 Å². The molecule has 29 heavy (non-hydrogen) atoms. The van der Waals surface area contributed by atoms with Gasteiger partial charge in [0.1, 0.15) is 6.61 Å². The molecule has 154 valence electrons. The van der Waals surface area contributed by atoms with Crippen molar-refractivity contribution in [3.63, 3.8) is 0 Å². The Labute approximate surface area is 170 Å². The van der Waals surface area contributed by atoms with Crippen molar-refractivity contribution in [2.45, 2.75) is 38.0 Å². The summed E-state index contributed by atoms with van der Waals surface area (Å²) >= 11 is 0. The van der Waals surface area contributed by atoms with Gasteiger partial charge in [0, 0.05) is 25.2 Å². The van der Waals surface area contributed by atoms with Gasteiger partial charge in [-0.25, -0.2) is 8.78 Å². The summed E-state index contributed by atoms with van der Waals surface area (Å²) in [5.74, 6) is -1.55. The molecule has 2 aliphatic rings. The van der Waals surface area contributed by atoms with Crippen molar-refractivity contribution in [1.82, 2.24) is 9.80 Å². The zero-order chi connectivity index (χ0) is 20.3. The smallest absolute Gasteiger partial charge is 0.248 e. The Morgan fingerprint density at radius 3 is 2.62 bits per heavy atom. The summed E-state index contributed by atoms with van der Waals surface area (Å²) < 4.78 is 33.6. The number of hydrogen-bond acceptors (Lipinski definition) is 3. The summed E-state index contributed by atoms with van der Waals surface area (Å²) in [4.78, 5) is 16.4. The summed E-state index contributed by atoms with van der Waals surface area (Å²) in [5, 5.41) is 0. The molecule has 1 atom stereocenters. The lowest BCUT2D eigenvalue weighted by molar-refractivity contribution is -0.166. The average molecular weight is 400 g/mol. The summed E-state index contributed by atoms with van der Waals surface area (Å²) in [7, 11) is 0. The van der Waals surface area contributed by atoms with Crippen LogP contribution in [0.2, 0.25) is 0 Å². The van der Waals surface area contributed by atoms with Gasteiger partial charge in [-0.1, -0.05) is 42.5 Å². The van der Waals surface area contributed by atoms with E-state index in [0.29, 0.717) is 25.2 Å². The van der Waals surface area contributed by atoms with Crippen molar-refractivity contribution in [2.75, 3.05) is 26.2 Å². The molecule has 2 saturated heterocycles. The number of likely N-dealkylation sites (tertiary alicyclic amines) is 1. The number of benzene rings is 2. The number of rotatable bonds is 4. The molecule has 2 aromatic carbocycles. The standard InChI is InChI=1S/C23H26F2N2O2/c24-20-9-4-8-19(22(20)25)15-26-12-5-10-23(11-13-26)17-27(21(28)16-29-23)14-18-6-2-1-3-7-18/h1-4,6-9H,5,10-17H2. The number of amides is 1. The van der Waals surface area contributed by atoms with Crippen LogP contribution in [-0.2, 0) is 22.6 Å². The molecule has 0 radical (unpaired) electrons. The predicted octanol–water partition coefficient (Wildman–Crippen LogP) is 3.75. The number of carbonyl (C=O) groups excluding carboxylic acids is 1. The Kier molecular flexibility index (Phi) is 5.92.